The van der Waals surface area contributed by atoms with Gasteiger partial charge in [0.15, 0.2) is 11.5 Å². The number of aromatic amines is 1. The van der Waals surface area contributed by atoms with E-state index in [4.69, 9.17) is 0 Å². The molecular formula is C19H18F2N6. The number of H-pyrrole nitrogens is 1. The number of fused-ring (bicyclic) bond motifs is 2. The third kappa shape index (κ3) is 2.72. The zero-order chi connectivity index (χ0) is 18.6. The molecule has 0 bridgehead atoms. The van der Waals surface area contributed by atoms with E-state index >= 15 is 0 Å². The number of imidazole rings is 1. The second kappa shape index (κ2) is 5.73. The highest BCUT2D eigenvalue weighted by molar-refractivity contribution is 5.93. The quantitative estimate of drug-likeness (QED) is 0.571. The van der Waals surface area contributed by atoms with E-state index in [1.54, 1.807) is 23.0 Å². The first-order chi connectivity index (χ1) is 13.0. The monoisotopic (exact) mass is 368 g/mol. The molecule has 1 aliphatic rings. The van der Waals surface area contributed by atoms with Gasteiger partial charge in [-0.2, -0.15) is 4.98 Å². The molecule has 0 spiro atoms. The second-order valence-corrected chi connectivity index (χ2v) is 7.21. The van der Waals surface area contributed by atoms with Crippen molar-refractivity contribution in [3.63, 3.8) is 0 Å². The maximum atomic E-state index is 14.4. The molecule has 1 saturated carbocycles. The summed E-state index contributed by atoms with van der Waals surface area (Å²) in [6, 6.07) is 1.46. The molecule has 138 valence electrons. The van der Waals surface area contributed by atoms with Crippen molar-refractivity contribution >= 4 is 22.6 Å². The Bertz CT molecular complexity index is 1160. The summed E-state index contributed by atoms with van der Waals surface area (Å²) in [5.74, 6) is -0.00501. The van der Waals surface area contributed by atoms with Crippen LogP contribution in [0.2, 0.25) is 0 Å². The number of nitrogens with zero attached hydrogens (tertiary/aromatic N) is 4. The molecular weight excluding hydrogens is 350 g/mol. The van der Waals surface area contributed by atoms with Crippen molar-refractivity contribution in [1.82, 2.24) is 24.3 Å². The summed E-state index contributed by atoms with van der Waals surface area (Å²) in [5, 5.41) is 3.75. The molecule has 1 aliphatic carbocycles. The van der Waals surface area contributed by atoms with Gasteiger partial charge < -0.3 is 14.7 Å². The highest BCUT2D eigenvalue weighted by Gasteiger charge is 2.36. The Kier molecular flexibility index (Phi) is 3.43. The summed E-state index contributed by atoms with van der Waals surface area (Å²) in [6.07, 6.45) is 9.14. The number of aryl methyl sites for hydroxylation is 1. The van der Waals surface area contributed by atoms with Crippen LogP contribution in [0.15, 0.2) is 30.9 Å². The first-order valence-corrected chi connectivity index (χ1v) is 8.93. The Hall–Kier alpha value is -3.03. The number of rotatable bonds is 4. The van der Waals surface area contributed by atoms with Crippen LogP contribution in [0.3, 0.4) is 0 Å². The molecule has 0 aliphatic heterocycles. The fraction of sp³-hybridized carbons (Fsp3) is 0.316. The van der Waals surface area contributed by atoms with Gasteiger partial charge in [-0.1, -0.05) is 0 Å². The van der Waals surface area contributed by atoms with Gasteiger partial charge in [0.25, 0.3) is 0 Å². The summed E-state index contributed by atoms with van der Waals surface area (Å²) in [4.78, 5) is 16.0. The maximum absolute atomic E-state index is 14.4. The fourth-order valence-electron chi connectivity index (χ4n) is 3.53. The number of hydrogen-bond acceptors (Lipinski definition) is 4. The van der Waals surface area contributed by atoms with Crippen LogP contribution in [-0.2, 0) is 0 Å². The largest absolute Gasteiger partial charge is 0.351 e. The van der Waals surface area contributed by atoms with Crippen molar-refractivity contribution in [3.8, 4) is 11.1 Å². The van der Waals surface area contributed by atoms with Gasteiger partial charge in [0.05, 0.1) is 12.2 Å². The molecule has 2 N–H and O–H groups in total. The fourth-order valence-corrected chi connectivity index (χ4v) is 3.53. The first-order valence-electron chi connectivity index (χ1n) is 8.93. The van der Waals surface area contributed by atoms with Gasteiger partial charge in [0.1, 0.15) is 11.3 Å². The lowest BCUT2D eigenvalue weighted by atomic mass is 9.82. The Morgan fingerprint density at radius 1 is 1.30 bits per heavy atom. The predicted molar refractivity (Wildman–Crippen MR) is 98.9 cm³/mol. The van der Waals surface area contributed by atoms with Crippen LogP contribution < -0.4 is 5.32 Å². The van der Waals surface area contributed by atoms with Gasteiger partial charge in [-0.3, -0.25) is 0 Å². The van der Waals surface area contributed by atoms with Crippen LogP contribution in [0.1, 0.15) is 25.0 Å². The molecule has 4 aromatic rings. The normalized spacial score (nSPS) is 16.0. The number of aromatic nitrogens is 5. The molecule has 1 fully saturated rings. The summed E-state index contributed by atoms with van der Waals surface area (Å²) < 4.78 is 30.2. The van der Waals surface area contributed by atoms with E-state index in [0.717, 1.165) is 23.1 Å². The Morgan fingerprint density at radius 3 is 2.93 bits per heavy atom. The topological polar surface area (TPSA) is 70.9 Å². The van der Waals surface area contributed by atoms with Gasteiger partial charge >= 0.3 is 0 Å². The number of nitrogens with one attached hydrogen (secondary N) is 2. The molecule has 5 rings (SSSR count). The molecule has 0 amide bonds. The minimum absolute atomic E-state index is 0.216. The van der Waals surface area contributed by atoms with Crippen molar-refractivity contribution in [2.45, 2.75) is 31.9 Å². The van der Waals surface area contributed by atoms with Crippen LogP contribution in [-0.4, -0.2) is 36.6 Å². The van der Waals surface area contributed by atoms with Crippen molar-refractivity contribution in [3.05, 3.63) is 42.4 Å². The van der Waals surface area contributed by atoms with E-state index in [0.29, 0.717) is 35.6 Å². The van der Waals surface area contributed by atoms with Crippen LogP contribution in [0.4, 0.5) is 14.7 Å². The van der Waals surface area contributed by atoms with Gasteiger partial charge in [0.2, 0.25) is 5.95 Å². The van der Waals surface area contributed by atoms with E-state index < -0.39 is 5.67 Å². The first kappa shape index (κ1) is 16.2. The SMILES string of the molecule is Cc1cn2cc(-c3c[nH]c4nc(NCC5(F)CCC5)ncc34)cc(F)c2n1. The zero-order valence-electron chi connectivity index (χ0n) is 14.8. The van der Waals surface area contributed by atoms with Crippen LogP contribution >= 0.6 is 0 Å². The standard InChI is InChI=1S/C19H18F2N6/c1-11-8-27-9-12(5-15(20)17(27)25-11)13-6-22-16-14(13)7-23-18(26-16)24-10-19(21)3-2-4-19/h5-9H,2-4,10H2,1H3,(H2,22,23,24,26). The molecule has 0 unspecified atom stereocenters. The number of anilines is 1. The van der Waals surface area contributed by atoms with Gasteiger partial charge in [0, 0.05) is 41.3 Å². The molecule has 4 heterocycles. The average Bonchev–Trinajstić information content (AvgIpc) is 3.20. The lowest BCUT2D eigenvalue weighted by Gasteiger charge is -2.33. The minimum atomic E-state index is -1.14. The number of alkyl halides is 1. The van der Waals surface area contributed by atoms with E-state index in [1.807, 2.05) is 13.1 Å². The van der Waals surface area contributed by atoms with Crippen molar-refractivity contribution in [2.75, 3.05) is 11.9 Å². The highest BCUT2D eigenvalue weighted by atomic mass is 19.1. The summed E-state index contributed by atoms with van der Waals surface area (Å²) in [7, 11) is 0. The van der Waals surface area contributed by atoms with Crippen LogP contribution in [0, 0.1) is 12.7 Å². The average molecular weight is 368 g/mol. The second-order valence-electron chi connectivity index (χ2n) is 7.21. The van der Waals surface area contributed by atoms with E-state index in [9.17, 15) is 8.78 Å². The van der Waals surface area contributed by atoms with Crippen molar-refractivity contribution < 1.29 is 8.78 Å². The van der Waals surface area contributed by atoms with E-state index in [2.05, 4.69) is 25.3 Å². The third-order valence-corrected chi connectivity index (χ3v) is 5.18. The molecule has 27 heavy (non-hydrogen) atoms. The number of halogens is 2. The molecule has 0 radical (unpaired) electrons. The number of pyridine rings is 1. The van der Waals surface area contributed by atoms with Gasteiger partial charge in [-0.25, -0.2) is 18.7 Å². The lowest BCUT2D eigenvalue weighted by Crippen LogP contribution is -2.39. The van der Waals surface area contributed by atoms with Gasteiger partial charge in [-0.05, 0) is 32.3 Å². The van der Waals surface area contributed by atoms with Crippen LogP contribution in [0.25, 0.3) is 27.8 Å². The summed E-state index contributed by atoms with van der Waals surface area (Å²) in [6.45, 7) is 2.04. The predicted octanol–water partition coefficient (Wildman–Crippen LogP) is 4.02. The summed E-state index contributed by atoms with van der Waals surface area (Å²) >= 11 is 0. The minimum Gasteiger partial charge on any atom is -0.351 e. The van der Waals surface area contributed by atoms with E-state index in [1.165, 1.54) is 6.07 Å². The third-order valence-electron chi connectivity index (χ3n) is 5.18. The molecule has 6 nitrogen and oxygen atoms in total. The molecule has 4 aromatic heterocycles. The van der Waals surface area contributed by atoms with Crippen molar-refractivity contribution in [1.29, 1.82) is 0 Å². The summed E-state index contributed by atoms with van der Waals surface area (Å²) in [5.41, 5.74) is 2.02. The van der Waals surface area contributed by atoms with Gasteiger partial charge in [-0.15, -0.1) is 0 Å². The molecule has 8 heteroatoms. The Labute approximate surface area is 153 Å². The molecule has 0 atom stereocenters. The molecule has 0 saturated heterocycles. The van der Waals surface area contributed by atoms with Crippen molar-refractivity contribution in [2.24, 2.45) is 0 Å². The smallest absolute Gasteiger partial charge is 0.224 e. The van der Waals surface area contributed by atoms with Crippen LogP contribution in [0.5, 0.6) is 0 Å². The number of hydrogen-bond donors (Lipinski definition) is 2. The maximum Gasteiger partial charge on any atom is 0.224 e. The van der Waals surface area contributed by atoms with E-state index in [-0.39, 0.29) is 12.4 Å². The zero-order valence-corrected chi connectivity index (χ0v) is 14.8. The Balaban J connectivity index is 1.49. The Morgan fingerprint density at radius 2 is 2.15 bits per heavy atom. The lowest BCUT2D eigenvalue weighted by molar-refractivity contribution is 0.0782. The molecule has 0 aromatic carbocycles. The highest BCUT2D eigenvalue weighted by Crippen LogP contribution is 2.35.